The number of benzene rings is 1. The average Bonchev–Trinajstić information content (AvgIpc) is 3.08. The minimum Gasteiger partial charge on any atom is -0.497 e. The van der Waals surface area contributed by atoms with E-state index < -0.39 is 29.0 Å². The van der Waals surface area contributed by atoms with Crippen LogP contribution >= 0.6 is 11.8 Å². The number of nitrogens with two attached hydrogens (primary N) is 1. The molecule has 9 nitrogen and oxygen atoms in total. The molecule has 1 aromatic carbocycles. The van der Waals surface area contributed by atoms with Crippen molar-refractivity contribution in [2.24, 2.45) is 5.73 Å². The number of ether oxygens (including phenoxy) is 2. The van der Waals surface area contributed by atoms with Gasteiger partial charge in [-0.3, -0.25) is 19.3 Å². The molecule has 30 heavy (non-hydrogen) atoms. The number of likely N-dealkylation sites (N-methyl/N-ethyl adjacent to an activating group) is 1. The van der Waals surface area contributed by atoms with Crippen LogP contribution in [0, 0.1) is 11.3 Å². The molecular weight excluding hydrogens is 408 g/mol. The average molecular weight is 428 g/mol. The Morgan fingerprint density at radius 2 is 1.97 bits per heavy atom. The molecule has 0 unspecified atom stereocenters. The maximum Gasteiger partial charge on any atom is 0.307 e. The standard InChI is InChI=1S/C20H20N4O5S/c1-23-18(26)16-15(10-4-6-11(28-2)7-5-10)12(9-21)17(22)24-19(27)13(30-20(16)24)8-14(25)29-3/h4-7,13,15H,8,22H2,1-3H3,(H,23,26)/t13-,15+/m0/s1. The van der Waals surface area contributed by atoms with Gasteiger partial charge in [0.2, 0.25) is 5.91 Å². The molecule has 0 aromatic heterocycles. The van der Waals surface area contributed by atoms with Crippen molar-refractivity contribution >= 4 is 29.5 Å². The van der Waals surface area contributed by atoms with Gasteiger partial charge in [-0.15, -0.1) is 0 Å². The van der Waals surface area contributed by atoms with Crippen LogP contribution in [-0.4, -0.2) is 49.2 Å². The number of rotatable bonds is 5. The lowest BCUT2D eigenvalue weighted by Gasteiger charge is -2.31. The second-order valence-electron chi connectivity index (χ2n) is 6.48. The number of fused-ring (bicyclic) bond motifs is 1. The molecular formula is C20H20N4O5S. The summed E-state index contributed by atoms with van der Waals surface area (Å²) in [5, 5.41) is 11.9. The number of amides is 2. The zero-order chi connectivity index (χ0) is 22.0. The first-order valence-electron chi connectivity index (χ1n) is 8.95. The molecule has 1 fully saturated rings. The fraction of sp³-hybridized carbons (Fsp3) is 0.300. The highest BCUT2D eigenvalue weighted by atomic mass is 32.2. The molecule has 1 aromatic rings. The summed E-state index contributed by atoms with van der Waals surface area (Å²) in [7, 11) is 4.23. The van der Waals surface area contributed by atoms with Crippen LogP contribution in [0.1, 0.15) is 17.9 Å². The number of hydrogen-bond donors (Lipinski definition) is 2. The topological polar surface area (TPSA) is 135 Å². The van der Waals surface area contributed by atoms with Crippen LogP contribution < -0.4 is 15.8 Å². The van der Waals surface area contributed by atoms with Crippen molar-refractivity contribution < 1.29 is 23.9 Å². The molecule has 2 atom stereocenters. The van der Waals surface area contributed by atoms with Crippen LogP contribution in [0.5, 0.6) is 5.75 Å². The molecule has 2 aliphatic rings. The van der Waals surface area contributed by atoms with Crippen LogP contribution in [-0.2, 0) is 19.1 Å². The summed E-state index contributed by atoms with van der Waals surface area (Å²) in [6, 6.07) is 8.96. The first-order valence-corrected chi connectivity index (χ1v) is 9.83. The fourth-order valence-corrected chi connectivity index (χ4v) is 4.73. The quantitative estimate of drug-likeness (QED) is 0.662. The summed E-state index contributed by atoms with van der Waals surface area (Å²) < 4.78 is 9.84. The molecule has 2 aliphatic heterocycles. The largest absolute Gasteiger partial charge is 0.497 e. The van der Waals surface area contributed by atoms with Crippen LogP contribution in [0.2, 0.25) is 0 Å². The molecule has 0 spiro atoms. The number of carbonyl (C=O) groups excluding carboxylic acids is 3. The van der Waals surface area contributed by atoms with Gasteiger partial charge in [0.05, 0.1) is 48.8 Å². The number of esters is 1. The molecule has 156 valence electrons. The van der Waals surface area contributed by atoms with Gasteiger partial charge < -0.3 is 20.5 Å². The van der Waals surface area contributed by atoms with E-state index in [1.165, 1.54) is 21.3 Å². The Kier molecular flexibility index (Phi) is 6.03. The molecule has 3 rings (SSSR count). The normalized spacial score (nSPS) is 20.6. The lowest BCUT2D eigenvalue weighted by molar-refractivity contribution is -0.142. The first kappa shape index (κ1) is 21.3. The highest BCUT2D eigenvalue weighted by Crippen LogP contribution is 2.49. The summed E-state index contributed by atoms with van der Waals surface area (Å²) in [5.74, 6) is -1.69. The van der Waals surface area contributed by atoms with Gasteiger partial charge in [0.15, 0.2) is 0 Å². The molecule has 3 N–H and O–H groups in total. The minimum atomic E-state index is -0.805. The zero-order valence-electron chi connectivity index (χ0n) is 16.6. The molecule has 0 saturated carbocycles. The monoisotopic (exact) mass is 428 g/mol. The fourth-order valence-electron chi connectivity index (χ4n) is 3.41. The smallest absolute Gasteiger partial charge is 0.307 e. The van der Waals surface area contributed by atoms with Gasteiger partial charge in [0.25, 0.3) is 5.91 Å². The van der Waals surface area contributed by atoms with Gasteiger partial charge in [-0.2, -0.15) is 5.26 Å². The van der Waals surface area contributed by atoms with Crippen LogP contribution in [0.4, 0.5) is 0 Å². The second-order valence-corrected chi connectivity index (χ2v) is 7.67. The summed E-state index contributed by atoms with van der Waals surface area (Å²) in [4.78, 5) is 38.7. The van der Waals surface area contributed by atoms with E-state index in [1.807, 2.05) is 0 Å². The number of thioether (sulfide) groups is 1. The molecule has 0 aliphatic carbocycles. The Balaban J connectivity index is 2.18. The van der Waals surface area contributed by atoms with Crippen molar-refractivity contribution in [3.05, 3.63) is 51.8 Å². The van der Waals surface area contributed by atoms with Gasteiger partial charge >= 0.3 is 5.97 Å². The van der Waals surface area contributed by atoms with Crippen LogP contribution in [0.15, 0.2) is 46.3 Å². The highest BCUT2D eigenvalue weighted by Gasteiger charge is 2.48. The maximum absolute atomic E-state index is 12.9. The Morgan fingerprint density at radius 3 is 2.50 bits per heavy atom. The third-order valence-electron chi connectivity index (χ3n) is 4.90. The Labute approximate surface area is 177 Å². The number of carbonyl (C=O) groups is 3. The van der Waals surface area contributed by atoms with Crippen LogP contribution in [0.25, 0.3) is 0 Å². The van der Waals surface area contributed by atoms with E-state index in [9.17, 15) is 19.6 Å². The lowest BCUT2D eigenvalue weighted by atomic mass is 9.82. The summed E-state index contributed by atoms with van der Waals surface area (Å²) in [6.45, 7) is 0. The third kappa shape index (κ3) is 3.48. The number of nitriles is 1. The molecule has 1 saturated heterocycles. The van der Waals surface area contributed by atoms with Gasteiger partial charge in [0, 0.05) is 7.05 Å². The molecule has 2 heterocycles. The van der Waals surface area contributed by atoms with Crippen molar-refractivity contribution in [2.75, 3.05) is 21.3 Å². The van der Waals surface area contributed by atoms with Crippen molar-refractivity contribution in [2.45, 2.75) is 17.6 Å². The van der Waals surface area contributed by atoms with E-state index in [2.05, 4.69) is 16.1 Å². The summed E-state index contributed by atoms with van der Waals surface area (Å²) in [5.41, 5.74) is 7.16. The highest BCUT2D eigenvalue weighted by molar-refractivity contribution is 8.04. The molecule has 0 bridgehead atoms. The number of nitrogens with one attached hydrogen (secondary N) is 1. The van der Waals surface area contributed by atoms with E-state index in [4.69, 9.17) is 10.5 Å². The Bertz CT molecular complexity index is 1010. The van der Waals surface area contributed by atoms with E-state index in [0.29, 0.717) is 16.3 Å². The summed E-state index contributed by atoms with van der Waals surface area (Å²) in [6.07, 6.45) is -0.177. The predicted molar refractivity (Wildman–Crippen MR) is 109 cm³/mol. The second kappa shape index (κ2) is 8.51. The van der Waals surface area contributed by atoms with Gasteiger partial charge in [-0.25, -0.2) is 0 Å². The maximum atomic E-state index is 12.9. The van der Waals surface area contributed by atoms with Crippen molar-refractivity contribution in [3.8, 4) is 11.8 Å². The van der Waals surface area contributed by atoms with Gasteiger partial charge in [-0.05, 0) is 17.7 Å². The van der Waals surface area contributed by atoms with Crippen molar-refractivity contribution in [1.82, 2.24) is 10.2 Å². The summed E-state index contributed by atoms with van der Waals surface area (Å²) >= 11 is 1.07. The van der Waals surface area contributed by atoms with E-state index in [1.54, 1.807) is 24.3 Å². The van der Waals surface area contributed by atoms with E-state index in [-0.39, 0.29) is 23.4 Å². The van der Waals surface area contributed by atoms with Crippen molar-refractivity contribution in [3.63, 3.8) is 0 Å². The predicted octanol–water partition coefficient (Wildman–Crippen LogP) is 0.951. The van der Waals surface area contributed by atoms with E-state index in [0.717, 1.165) is 16.7 Å². The Morgan fingerprint density at radius 1 is 1.30 bits per heavy atom. The number of allylic oxidation sites excluding steroid dienone is 1. The SMILES string of the molecule is CNC(=O)C1=C2S[C@@H](CC(=O)OC)C(=O)N2C(N)=C(C#N)[C@H]1c1ccc(OC)cc1. The van der Waals surface area contributed by atoms with E-state index >= 15 is 0 Å². The zero-order valence-corrected chi connectivity index (χ0v) is 17.4. The lowest BCUT2D eigenvalue weighted by Crippen LogP contribution is -2.39. The number of hydrogen-bond acceptors (Lipinski definition) is 8. The third-order valence-corrected chi connectivity index (χ3v) is 6.18. The minimum absolute atomic E-state index is 0.0502. The van der Waals surface area contributed by atoms with Crippen LogP contribution in [0.3, 0.4) is 0 Å². The first-order chi connectivity index (χ1) is 14.4. The molecule has 2 amide bonds. The molecule has 0 radical (unpaired) electrons. The number of nitrogens with zero attached hydrogens (tertiary/aromatic N) is 2. The van der Waals surface area contributed by atoms with Gasteiger partial charge in [0.1, 0.15) is 16.8 Å². The van der Waals surface area contributed by atoms with Gasteiger partial charge in [-0.1, -0.05) is 23.9 Å². The molecule has 10 heteroatoms. The van der Waals surface area contributed by atoms with Crippen molar-refractivity contribution in [1.29, 1.82) is 5.26 Å². The number of methoxy groups -OCH3 is 2. The Hall–Kier alpha value is -3.45.